The zero-order valence-electron chi connectivity index (χ0n) is 23.7. The molecule has 3 heterocycles. The number of fused-ring (bicyclic) bond motifs is 2. The summed E-state index contributed by atoms with van der Waals surface area (Å²) in [6.45, 7) is 3.76. The number of para-hydroxylation sites is 1. The third-order valence-corrected chi connectivity index (χ3v) is 9.66. The molecule has 14 nitrogen and oxygen atoms in total. The zero-order valence-corrected chi connectivity index (χ0v) is 24.6. The van der Waals surface area contributed by atoms with Crippen molar-refractivity contribution in [1.29, 1.82) is 0 Å². The molecule has 16 heteroatoms. The first-order valence-electron chi connectivity index (χ1n) is 13.9. The van der Waals surface area contributed by atoms with Crippen LogP contribution in [0.4, 0.5) is 10.2 Å². The summed E-state index contributed by atoms with van der Waals surface area (Å²) in [5.41, 5.74) is 1.81. The highest BCUT2D eigenvalue weighted by Crippen LogP contribution is 2.68. The summed E-state index contributed by atoms with van der Waals surface area (Å²) in [4.78, 5) is 33.2. The van der Waals surface area contributed by atoms with Gasteiger partial charge in [0.05, 0.1) is 11.9 Å². The van der Waals surface area contributed by atoms with Crippen LogP contribution in [-0.4, -0.2) is 67.1 Å². The largest absolute Gasteiger partial charge is 0.461 e. The van der Waals surface area contributed by atoms with Gasteiger partial charge in [-0.1, -0.05) is 18.2 Å². The van der Waals surface area contributed by atoms with Gasteiger partial charge in [0, 0.05) is 6.92 Å². The number of nitrogens with zero attached hydrogens (tertiary/aromatic N) is 4. The van der Waals surface area contributed by atoms with E-state index >= 15 is 4.39 Å². The summed E-state index contributed by atoms with van der Waals surface area (Å²) >= 11 is 0. The Balaban J connectivity index is 1.28. The van der Waals surface area contributed by atoms with Crippen LogP contribution in [0.5, 0.6) is 5.75 Å². The van der Waals surface area contributed by atoms with Crippen LogP contribution in [-0.2, 0) is 32.9 Å². The maximum absolute atomic E-state index is 17.0. The number of hydrogen-bond acceptors (Lipinski definition) is 12. The summed E-state index contributed by atoms with van der Waals surface area (Å²) in [6, 6.07) is 7.00. The number of hydrogen-bond donors (Lipinski definition) is 2. The average molecular weight is 619 g/mol. The van der Waals surface area contributed by atoms with E-state index in [1.54, 1.807) is 30.3 Å². The lowest BCUT2D eigenvalue weighted by atomic mass is 9.91. The van der Waals surface area contributed by atoms with E-state index in [1.807, 2.05) is 0 Å². The summed E-state index contributed by atoms with van der Waals surface area (Å²) in [7, 11) is -4.45. The fourth-order valence-electron chi connectivity index (χ4n) is 5.89. The van der Waals surface area contributed by atoms with Gasteiger partial charge in [-0.2, -0.15) is 10.2 Å². The predicted molar refractivity (Wildman–Crippen MR) is 147 cm³/mol. The first kappa shape index (κ1) is 29.4. The number of halogens is 1. The number of nitrogen functional groups attached to an aromatic ring is 1. The number of esters is 2. The first-order valence-corrected chi connectivity index (χ1v) is 15.5. The van der Waals surface area contributed by atoms with Crippen molar-refractivity contribution in [2.24, 2.45) is 0 Å². The van der Waals surface area contributed by atoms with Crippen molar-refractivity contribution >= 4 is 31.2 Å². The van der Waals surface area contributed by atoms with Gasteiger partial charge in [-0.05, 0) is 51.7 Å². The Labute approximate surface area is 246 Å². The number of aromatic nitrogens is 4. The SMILES string of the molecule is CC(=O)OC12C(OC(c3cnc4c(N)ncnn34)C1(C)F)C2OP(=O)(NC(C)C(=O)OC1CCCC1)Oc1ccccc1. The minimum atomic E-state index is -4.45. The number of alkyl halides is 1. The number of benzene rings is 1. The molecule has 3 aromatic rings. The molecule has 0 spiro atoms. The van der Waals surface area contributed by atoms with Crippen molar-refractivity contribution in [3.8, 4) is 5.75 Å². The van der Waals surface area contributed by atoms with Crippen LogP contribution in [0.25, 0.3) is 5.65 Å². The molecule has 0 radical (unpaired) electrons. The summed E-state index contributed by atoms with van der Waals surface area (Å²) in [5, 5.41) is 6.72. The van der Waals surface area contributed by atoms with Crippen LogP contribution in [0.3, 0.4) is 0 Å². The van der Waals surface area contributed by atoms with Crippen molar-refractivity contribution < 1.29 is 41.8 Å². The Morgan fingerprint density at radius 1 is 1.23 bits per heavy atom. The van der Waals surface area contributed by atoms with E-state index in [0.717, 1.165) is 32.6 Å². The third kappa shape index (κ3) is 5.13. The smallest absolute Gasteiger partial charge is 0.459 e. The molecule has 1 aliphatic heterocycles. The Kier molecular flexibility index (Phi) is 7.40. The van der Waals surface area contributed by atoms with E-state index in [1.165, 1.54) is 30.9 Å². The van der Waals surface area contributed by atoms with Gasteiger partial charge in [0.1, 0.15) is 42.5 Å². The lowest BCUT2D eigenvalue weighted by molar-refractivity contribution is -0.163. The minimum Gasteiger partial charge on any atom is -0.461 e. The van der Waals surface area contributed by atoms with E-state index < -0.39 is 55.3 Å². The van der Waals surface area contributed by atoms with Gasteiger partial charge < -0.3 is 24.5 Å². The van der Waals surface area contributed by atoms with Crippen LogP contribution in [0, 0.1) is 0 Å². The molecular formula is C27H32FN6O8P. The first-order chi connectivity index (χ1) is 20.4. The van der Waals surface area contributed by atoms with Crippen LogP contribution >= 0.6 is 7.75 Å². The number of ether oxygens (including phenoxy) is 3. The number of imidazole rings is 1. The highest BCUT2D eigenvalue weighted by atomic mass is 31.2. The fraction of sp³-hybridized carbons (Fsp3) is 0.519. The molecule has 3 aliphatic rings. The van der Waals surface area contributed by atoms with Gasteiger partial charge in [-0.25, -0.2) is 23.4 Å². The van der Waals surface area contributed by atoms with E-state index in [9.17, 15) is 14.2 Å². The summed E-state index contributed by atoms with van der Waals surface area (Å²) in [6.07, 6.45) is 1.82. The second-order valence-electron chi connectivity index (χ2n) is 11.1. The van der Waals surface area contributed by atoms with E-state index in [2.05, 4.69) is 20.2 Å². The number of carbonyl (C=O) groups excluding carboxylic acids is 2. The second-order valence-corrected chi connectivity index (χ2v) is 12.7. The van der Waals surface area contributed by atoms with Gasteiger partial charge in [0.2, 0.25) is 5.60 Å². The molecule has 1 saturated heterocycles. The van der Waals surface area contributed by atoms with Gasteiger partial charge in [-0.3, -0.25) is 14.1 Å². The molecule has 3 N–H and O–H groups in total. The van der Waals surface area contributed by atoms with Crippen molar-refractivity contribution in [3.63, 3.8) is 0 Å². The molecule has 2 aromatic heterocycles. The predicted octanol–water partition coefficient (Wildman–Crippen LogP) is 3.23. The van der Waals surface area contributed by atoms with Crippen molar-refractivity contribution in [3.05, 3.63) is 48.5 Å². The van der Waals surface area contributed by atoms with E-state index in [0.29, 0.717) is 0 Å². The van der Waals surface area contributed by atoms with E-state index in [-0.39, 0.29) is 29.0 Å². The van der Waals surface area contributed by atoms with Gasteiger partial charge >= 0.3 is 19.7 Å². The molecule has 2 aliphatic carbocycles. The lowest BCUT2D eigenvalue weighted by Crippen LogP contribution is -2.47. The topological polar surface area (TPSA) is 178 Å². The molecule has 6 rings (SSSR count). The van der Waals surface area contributed by atoms with Crippen molar-refractivity contribution in [2.75, 3.05) is 5.73 Å². The van der Waals surface area contributed by atoms with E-state index in [4.69, 9.17) is 29.0 Å². The average Bonchev–Trinajstić information content (AvgIpc) is 3.38. The molecule has 43 heavy (non-hydrogen) atoms. The molecule has 230 valence electrons. The monoisotopic (exact) mass is 618 g/mol. The standard InChI is InChI=1S/C27H32FN6O8P/c1-15(25(36)38-17-9-7-8-10-17)33-43(37,41-18-11-5-4-6-12-18)42-22-21-27(22,40-16(2)35)26(3,28)20(39-21)19-13-30-24-23(29)31-14-32-34(19)24/h4-6,11-15,17,20-22H,7-10H2,1-3H3,(H,33,37)(H2,29,31,32). The summed E-state index contributed by atoms with van der Waals surface area (Å²) < 4.78 is 61.3. The number of rotatable bonds is 10. The highest BCUT2D eigenvalue weighted by molar-refractivity contribution is 7.52. The normalized spacial score (nSPS) is 30.4. The Bertz CT molecular complexity index is 1580. The van der Waals surface area contributed by atoms with Crippen LogP contribution in [0.1, 0.15) is 58.3 Å². The van der Waals surface area contributed by atoms with Gasteiger partial charge in [-0.15, -0.1) is 0 Å². The molecule has 3 fully saturated rings. The second kappa shape index (κ2) is 10.8. The van der Waals surface area contributed by atoms with Crippen LogP contribution in [0.15, 0.2) is 42.9 Å². The molecule has 0 bridgehead atoms. The number of nitrogens with two attached hydrogens (primary N) is 1. The van der Waals surface area contributed by atoms with Crippen molar-refractivity contribution in [1.82, 2.24) is 24.7 Å². The molecule has 2 saturated carbocycles. The zero-order chi connectivity index (χ0) is 30.6. The third-order valence-electron chi connectivity index (χ3n) is 8.00. The molecule has 7 atom stereocenters. The fourth-order valence-corrected chi connectivity index (χ4v) is 7.59. The lowest BCUT2D eigenvalue weighted by Gasteiger charge is -2.32. The van der Waals surface area contributed by atoms with Crippen LogP contribution in [0.2, 0.25) is 0 Å². The number of carbonyl (C=O) groups is 2. The highest BCUT2D eigenvalue weighted by Gasteiger charge is 2.88. The quantitative estimate of drug-likeness (QED) is 0.250. The molecule has 0 amide bonds. The Morgan fingerprint density at radius 2 is 1.95 bits per heavy atom. The molecular weight excluding hydrogens is 586 g/mol. The maximum atomic E-state index is 17.0. The van der Waals surface area contributed by atoms with Crippen LogP contribution < -0.4 is 15.3 Å². The van der Waals surface area contributed by atoms with Gasteiger partial charge in [0.25, 0.3) is 0 Å². The number of anilines is 1. The maximum Gasteiger partial charge on any atom is 0.459 e. The summed E-state index contributed by atoms with van der Waals surface area (Å²) in [5.74, 6) is -1.22. The van der Waals surface area contributed by atoms with Gasteiger partial charge in [0.15, 0.2) is 17.1 Å². The number of nitrogens with one attached hydrogen (secondary N) is 1. The Morgan fingerprint density at radius 3 is 2.65 bits per heavy atom. The van der Waals surface area contributed by atoms with Crippen molar-refractivity contribution in [2.45, 2.75) is 88.2 Å². The minimum absolute atomic E-state index is 0.0755. The molecule has 7 unspecified atom stereocenters. The molecule has 1 aromatic carbocycles. The Hall–Kier alpha value is -3.65.